The first-order chi connectivity index (χ1) is 20.2. The van der Waals surface area contributed by atoms with Crippen LogP contribution in [0, 0.1) is 19.8 Å². The monoisotopic (exact) mass is 603 g/mol. The summed E-state index contributed by atoms with van der Waals surface area (Å²) in [6, 6.07) is 3.93. The Hall–Kier alpha value is -3.10. The molecule has 0 bridgehead atoms. The number of benzene rings is 1. The second kappa shape index (κ2) is 19.2. The molecule has 3 amide bonds. The summed E-state index contributed by atoms with van der Waals surface area (Å²) in [6.45, 7) is 17.8. The first-order valence-electron chi connectivity index (χ1n) is 16.0. The van der Waals surface area contributed by atoms with E-state index in [1.807, 2.05) is 45.9 Å². The molecule has 0 fully saturated rings. The van der Waals surface area contributed by atoms with Crippen molar-refractivity contribution in [3.8, 4) is 0 Å². The van der Waals surface area contributed by atoms with Crippen molar-refractivity contribution in [1.29, 1.82) is 0 Å². The molecule has 43 heavy (non-hydrogen) atoms. The maximum absolute atomic E-state index is 14.4. The number of esters is 1. The van der Waals surface area contributed by atoms with Gasteiger partial charge >= 0.3 is 12.1 Å². The van der Waals surface area contributed by atoms with Gasteiger partial charge in [0.05, 0.1) is 13.0 Å². The average molecular weight is 604 g/mol. The minimum absolute atomic E-state index is 0.0285. The lowest BCUT2D eigenvalue weighted by molar-refractivity contribution is -0.144. The lowest BCUT2D eigenvalue weighted by Gasteiger charge is -2.35. The third-order valence-corrected chi connectivity index (χ3v) is 7.07. The second-order valence-corrected chi connectivity index (χ2v) is 12.7. The van der Waals surface area contributed by atoms with Crippen molar-refractivity contribution < 1.29 is 28.7 Å². The van der Waals surface area contributed by atoms with E-state index in [0.717, 1.165) is 43.2 Å². The van der Waals surface area contributed by atoms with Crippen LogP contribution in [0.4, 0.5) is 4.79 Å². The van der Waals surface area contributed by atoms with E-state index in [0.29, 0.717) is 24.9 Å². The number of alkyl carbamates (subject to hydrolysis) is 1. The molecule has 0 radical (unpaired) electrons. The molecule has 0 aliphatic rings. The summed E-state index contributed by atoms with van der Waals surface area (Å²) in [5.74, 6) is -1.02. The maximum Gasteiger partial charge on any atom is 0.408 e. The fourth-order valence-electron chi connectivity index (χ4n) is 4.80. The predicted molar refractivity (Wildman–Crippen MR) is 171 cm³/mol. The molecule has 2 N–H and O–H groups in total. The van der Waals surface area contributed by atoms with Gasteiger partial charge in [-0.15, -0.1) is 0 Å². The number of amides is 3. The van der Waals surface area contributed by atoms with E-state index in [2.05, 4.69) is 17.6 Å². The van der Waals surface area contributed by atoms with Crippen molar-refractivity contribution in [2.75, 3.05) is 19.7 Å². The number of ether oxygens (including phenoxy) is 2. The lowest BCUT2D eigenvalue weighted by atomic mass is 9.96. The van der Waals surface area contributed by atoms with Gasteiger partial charge in [0.1, 0.15) is 17.7 Å². The molecule has 9 heteroatoms. The maximum atomic E-state index is 14.4. The van der Waals surface area contributed by atoms with E-state index in [9.17, 15) is 19.2 Å². The fourth-order valence-corrected chi connectivity index (χ4v) is 4.80. The van der Waals surface area contributed by atoms with Gasteiger partial charge in [-0.3, -0.25) is 14.4 Å². The fraction of sp³-hybridized carbons (Fsp3) is 0.706. The predicted octanol–water partition coefficient (Wildman–Crippen LogP) is 6.54. The third kappa shape index (κ3) is 14.8. The molecule has 0 aliphatic heterocycles. The number of nitrogens with zero attached hydrogens (tertiary/aromatic N) is 1. The summed E-state index contributed by atoms with van der Waals surface area (Å²) in [5.41, 5.74) is 2.02. The Kier molecular flexibility index (Phi) is 17.0. The summed E-state index contributed by atoms with van der Waals surface area (Å²) < 4.78 is 10.5. The first kappa shape index (κ1) is 37.9. The Labute approximate surface area is 259 Å². The van der Waals surface area contributed by atoms with Gasteiger partial charge in [-0.05, 0) is 77.0 Å². The van der Waals surface area contributed by atoms with Crippen LogP contribution in [0.1, 0.15) is 123 Å². The zero-order chi connectivity index (χ0) is 32.6. The lowest BCUT2D eigenvalue weighted by Crippen LogP contribution is -2.53. The molecule has 0 aromatic heterocycles. The van der Waals surface area contributed by atoms with Gasteiger partial charge < -0.3 is 25.0 Å². The minimum Gasteiger partial charge on any atom is -0.466 e. The van der Waals surface area contributed by atoms with Crippen LogP contribution < -0.4 is 10.6 Å². The van der Waals surface area contributed by atoms with E-state index in [-0.39, 0.29) is 37.3 Å². The van der Waals surface area contributed by atoms with Crippen molar-refractivity contribution in [3.05, 3.63) is 34.9 Å². The minimum atomic E-state index is -0.945. The molecule has 0 saturated heterocycles. The molecule has 1 rings (SSSR count). The molecule has 0 saturated carbocycles. The van der Waals surface area contributed by atoms with Gasteiger partial charge in [-0.25, -0.2) is 4.79 Å². The summed E-state index contributed by atoms with van der Waals surface area (Å²) in [5, 5.41) is 5.66. The molecule has 1 aromatic carbocycles. The third-order valence-electron chi connectivity index (χ3n) is 7.07. The molecule has 9 nitrogen and oxygen atoms in total. The largest absolute Gasteiger partial charge is 0.466 e. The first-order valence-corrected chi connectivity index (χ1v) is 16.0. The zero-order valence-corrected chi connectivity index (χ0v) is 28.1. The zero-order valence-electron chi connectivity index (χ0n) is 28.1. The van der Waals surface area contributed by atoms with Crippen molar-refractivity contribution >= 4 is 23.9 Å². The van der Waals surface area contributed by atoms with Crippen molar-refractivity contribution in [2.45, 2.75) is 131 Å². The van der Waals surface area contributed by atoms with Crippen LogP contribution in [-0.2, 0) is 23.9 Å². The number of carbonyl (C=O) groups excluding carboxylic acids is 4. The highest BCUT2D eigenvalue weighted by Gasteiger charge is 2.36. The SMILES string of the molecule is CCCCCCCCN(C(=O)C(CC(C)C)NC(=O)OC(C)(C)C)C(C(=O)NCCC(=O)OCC)c1ccc(C)c(C)c1. The summed E-state index contributed by atoms with van der Waals surface area (Å²) in [7, 11) is 0. The van der Waals surface area contributed by atoms with Gasteiger partial charge in [0.15, 0.2) is 0 Å². The van der Waals surface area contributed by atoms with Gasteiger partial charge in [0.25, 0.3) is 0 Å². The molecule has 0 spiro atoms. The normalized spacial score (nSPS) is 12.8. The van der Waals surface area contributed by atoms with Crippen LogP contribution in [0.5, 0.6) is 0 Å². The number of unbranched alkanes of at least 4 members (excludes halogenated alkanes) is 5. The molecular formula is C34H57N3O6. The number of carbonyl (C=O) groups is 4. The van der Waals surface area contributed by atoms with Crippen LogP contribution in [0.3, 0.4) is 0 Å². The Morgan fingerprint density at radius 2 is 1.58 bits per heavy atom. The van der Waals surface area contributed by atoms with Gasteiger partial charge in [-0.1, -0.05) is 71.1 Å². The summed E-state index contributed by atoms with van der Waals surface area (Å²) in [4.78, 5) is 54.6. The molecule has 0 aliphatic carbocycles. The quantitative estimate of drug-likeness (QED) is 0.145. The van der Waals surface area contributed by atoms with E-state index >= 15 is 0 Å². The average Bonchev–Trinajstić information content (AvgIpc) is 2.89. The summed E-state index contributed by atoms with van der Waals surface area (Å²) in [6.07, 6.45) is 5.84. The number of hydrogen-bond acceptors (Lipinski definition) is 6. The highest BCUT2D eigenvalue weighted by atomic mass is 16.6. The van der Waals surface area contributed by atoms with E-state index in [1.165, 1.54) is 0 Å². The van der Waals surface area contributed by atoms with Gasteiger partial charge in [0, 0.05) is 13.1 Å². The van der Waals surface area contributed by atoms with Crippen LogP contribution >= 0.6 is 0 Å². The highest BCUT2D eigenvalue weighted by molar-refractivity contribution is 5.92. The van der Waals surface area contributed by atoms with Crippen LogP contribution in [0.15, 0.2) is 18.2 Å². The van der Waals surface area contributed by atoms with Crippen molar-refractivity contribution in [2.24, 2.45) is 5.92 Å². The smallest absolute Gasteiger partial charge is 0.408 e. The van der Waals surface area contributed by atoms with Gasteiger partial charge in [-0.2, -0.15) is 0 Å². The molecule has 2 unspecified atom stereocenters. The molecule has 0 heterocycles. The van der Waals surface area contributed by atoms with E-state index in [1.54, 1.807) is 32.6 Å². The molecule has 1 aromatic rings. The standard InChI is InChI=1S/C34H57N3O6/c1-10-12-13-14-15-16-21-37(32(40)28(22-24(3)4)36-33(41)43-34(7,8)9)30(27-18-17-25(5)26(6)23-27)31(39)35-20-19-29(38)42-11-2/h17-18,23-24,28,30H,10-16,19-22H2,1-9H3,(H,35,39)(H,36,41). The van der Waals surface area contributed by atoms with Crippen LogP contribution in [-0.4, -0.2) is 60.1 Å². The van der Waals surface area contributed by atoms with Crippen molar-refractivity contribution in [1.82, 2.24) is 15.5 Å². The van der Waals surface area contributed by atoms with Crippen LogP contribution in [0.25, 0.3) is 0 Å². The van der Waals surface area contributed by atoms with E-state index < -0.39 is 29.7 Å². The van der Waals surface area contributed by atoms with E-state index in [4.69, 9.17) is 9.47 Å². The van der Waals surface area contributed by atoms with Gasteiger partial charge in [0.2, 0.25) is 11.8 Å². The topological polar surface area (TPSA) is 114 Å². The number of nitrogens with one attached hydrogen (secondary N) is 2. The van der Waals surface area contributed by atoms with Crippen molar-refractivity contribution in [3.63, 3.8) is 0 Å². The molecule has 2 atom stereocenters. The molecule has 244 valence electrons. The number of rotatable bonds is 18. The number of hydrogen-bond donors (Lipinski definition) is 2. The Bertz CT molecular complexity index is 1030. The highest BCUT2D eigenvalue weighted by Crippen LogP contribution is 2.27. The van der Waals surface area contributed by atoms with Crippen LogP contribution in [0.2, 0.25) is 0 Å². The molecular weight excluding hydrogens is 546 g/mol. The second-order valence-electron chi connectivity index (χ2n) is 12.7. The number of aryl methyl sites for hydroxylation is 2. The Balaban J connectivity index is 3.48. The Morgan fingerprint density at radius 3 is 2.16 bits per heavy atom. The summed E-state index contributed by atoms with van der Waals surface area (Å²) >= 11 is 0. The Morgan fingerprint density at radius 1 is 0.930 bits per heavy atom.